The van der Waals surface area contributed by atoms with E-state index >= 15 is 0 Å². The second-order valence-corrected chi connectivity index (χ2v) is 8.56. The zero-order valence-corrected chi connectivity index (χ0v) is 19.5. The summed E-state index contributed by atoms with van der Waals surface area (Å²) < 4.78 is 53.0. The molecular formula is C27H24F3N3O3. The van der Waals surface area contributed by atoms with Gasteiger partial charge in [-0.2, -0.15) is 13.2 Å². The fourth-order valence-electron chi connectivity index (χ4n) is 4.61. The van der Waals surface area contributed by atoms with Crippen LogP contribution in [0.1, 0.15) is 23.7 Å². The summed E-state index contributed by atoms with van der Waals surface area (Å²) in [5.41, 5.74) is 1.15. The molecular weight excluding hydrogens is 471 g/mol. The molecule has 1 unspecified atom stereocenters. The summed E-state index contributed by atoms with van der Waals surface area (Å²) in [5, 5.41) is 0. The van der Waals surface area contributed by atoms with Crippen molar-refractivity contribution in [2.75, 3.05) is 25.2 Å². The lowest BCUT2D eigenvalue weighted by Gasteiger charge is -2.19. The Labute approximate surface area is 205 Å². The third kappa shape index (κ3) is 4.60. The van der Waals surface area contributed by atoms with E-state index in [2.05, 4.69) is 0 Å². The molecule has 5 rings (SSSR count). The molecule has 9 heteroatoms. The molecule has 0 aliphatic carbocycles. The molecule has 1 saturated heterocycles. The largest absolute Gasteiger partial charge is 0.493 e. The number of nitrogens with zero attached hydrogens (tertiary/aromatic N) is 3. The van der Waals surface area contributed by atoms with Crippen molar-refractivity contribution in [2.45, 2.75) is 25.1 Å². The number of anilines is 1. The van der Waals surface area contributed by atoms with Crippen LogP contribution in [0.4, 0.5) is 18.9 Å². The molecule has 0 saturated carbocycles. The van der Waals surface area contributed by atoms with Gasteiger partial charge in [-0.3, -0.25) is 4.79 Å². The summed E-state index contributed by atoms with van der Waals surface area (Å²) in [6.45, 7) is 1.06. The fraction of sp³-hybridized carbons (Fsp3) is 0.259. The van der Waals surface area contributed by atoms with Crippen LogP contribution in [-0.2, 0) is 17.5 Å². The Balaban J connectivity index is 1.40. The number of fused-ring (bicyclic) bond motifs is 1. The van der Waals surface area contributed by atoms with E-state index < -0.39 is 11.7 Å². The van der Waals surface area contributed by atoms with Crippen LogP contribution in [0.15, 0.2) is 72.8 Å². The van der Waals surface area contributed by atoms with Gasteiger partial charge in [0.1, 0.15) is 12.4 Å². The van der Waals surface area contributed by atoms with Crippen molar-refractivity contribution in [1.82, 2.24) is 9.55 Å². The lowest BCUT2D eigenvalue weighted by molar-refractivity contribution is -0.137. The van der Waals surface area contributed by atoms with Gasteiger partial charge in [-0.05, 0) is 42.5 Å². The Kier molecular flexibility index (Phi) is 6.30. The van der Waals surface area contributed by atoms with E-state index in [1.807, 2.05) is 53.1 Å². The third-order valence-corrected chi connectivity index (χ3v) is 6.30. The first-order valence-corrected chi connectivity index (χ1v) is 11.5. The fourth-order valence-corrected chi connectivity index (χ4v) is 4.61. The number of ether oxygens (including phenoxy) is 2. The second kappa shape index (κ2) is 9.56. The van der Waals surface area contributed by atoms with Gasteiger partial charge in [0.05, 0.1) is 30.3 Å². The maximum absolute atomic E-state index is 13.2. The Morgan fingerprint density at radius 3 is 2.53 bits per heavy atom. The number of para-hydroxylation sites is 4. The highest BCUT2D eigenvalue weighted by molar-refractivity contribution is 5.96. The number of amides is 1. The molecule has 1 aliphatic rings. The van der Waals surface area contributed by atoms with Gasteiger partial charge in [-0.1, -0.05) is 30.3 Å². The molecule has 1 amide bonds. The van der Waals surface area contributed by atoms with Crippen molar-refractivity contribution >= 4 is 22.6 Å². The van der Waals surface area contributed by atoms with Crippen molar-refractivity contribution in [3.05, 3.63) is 84.2 Å². The number of rotatable bonds is 7. The van der Waals surface area contributed by atoms with Crippen molar-refractivity contribution in [3.8, 4) is 11.5 Å². The van der Waals surface area contributed by atoms with Gasteiger partial charge >= 0.3 is 6.18 Å². The predicted octanol–water partition coefficient (Wildman–Crippen LogP) is 5.66. The van der Waals surface area contributed by atoms with E-state index in [4.69, 9.17) is 14.5 Å². The highest BCUT2D eigenvalue weighted by Crippen LogP contribution is 2.36. The predicted molar refractivity (Wildman–Crippen MR) is 129 cm³/mol. The van der Waals surface area contributed by atoms with Crippen LogP contribution < -0.4 is 14.4 Å². The lowest BCUT2D eigenvalue weighted by Crippen LogP contribution is -2.25. The Bertz CT molecular complexity index is 1400. The number of imidazole rings is 1. The molecule has 186 valence electrons. The van der Waals surface area contributed by atoms with Crippen LogP contribution in [0.25, 0.3) is 11.0 Å². The molecule has 1 aliphatic heterocycles. The highest BCUT2D eigenvalue weighted by Gasteiger charge is 2.36. The molecule has 36 heavy (non-hydrogen) atoms. The molecule has 0 spiro atoms. The summed E-state index contributed by atoms with van der Waals surface area (Å²) in [6.07, 6.45) is -4.32. The van der Waals surface area contributed by atoms with Gasteiger partial charge in [0.2, 0.25) is 5.91 Å². The summed E-state index contributed by atoms with van der Waals surface area (Å²) in [7, 11) is 1.58. The molecule has 1 fully saturated rings. The first-order chi connectivity index (χ1) is 17.3. The van der Waals surface area contributed by atoms with Crippen LogP contribution in [0.3, 0.4) is 0 Å². The smallest absolute Gasteiger partial charge is 0.416 e. The molecule has 1 aromatic heterocycles. The zero-order valence-electron chi connectivity index (χ0n) is 19.5. The van der Waals surface area contributed by atoms with E-state index in [1.165, 1.54) is 17.0 Å². The van der Waals surface area contributed by atoms with Gasteiger partial charge in [-0.15, -0.1) is 0 Å². The standard InChI is InChI=1S/C27H24F3N3O3/c1-35-23-11-4-5-12-24(23)36-14-13-32-22-10-3-2-9-21(22)31-26(32)18-15-25(34)33(17-18)20-8-6-7-19(16-20)27(28,29)30/h2-12,16,18H,13-15,17H2,1H3. The minimum atomic E-state index is -4.48. The Morgan fingerprint density at radius 2 is 1.75 bits per heavy atom. The summed E-state index contributed by atoms with van der Waals surface area (Å²) in [6, 6.07) is 19.9. The normalized spacial score (nSPS) is 16.1. The van der Waals surface area contributed by atoms with Gasteiger partial charge in [-0.25, -0.2) is 4.98 Å². The van der Waals surface area contributed by atoms with E-state index in [9.17, 15) is 18.0 Å². The van der Waals surface area contributed by atoms with Crippen LogP contribution in [0.2, 0.25) is 0 Å². The minimum absolute atomic E-state index is 0.160. The number of hydrogen-bond donors (Lipinski definition) is 0. The number of alkyl halides is 3. The number of carbonyl (C=O) groups is 1. The molecule has 2 heterocycles. The summed E-state index contributed by atoms with van der Waals surface area (Å²) in [4.78, 5) is 19.1. The maximum Gasteiger partial charge on any atom is 0.416 e. The topological polar surface area (TPSA) is 56.6 Å². The van der Waals surface area contributed by atoms with E-state index in [1.54, 1.807) is 7.11 Å². The Morgan fingerprint density at radius 1 is 1.00 bits per heavy atom. The number of benzene rings is 3. The molecule has 1 atom stereocenters. The van der Waals surface area contributed by atoms with Crippen molar-refractivity contribution < 1.29 is 27.4 Å². The molecule has 6 nitrogen and oxygen atoms in total. The quantitative estimate of drug-likeness (QED) is 0.332. The zero-order chi connectivity index (χ0) is 25.3. The van der Waals surface area contributed by atoms with Crippen molar-refractivity contribution in [1.29, 1.82) is 0 Å². The van der Waals surface area contributed by atoms with E-state index in [0.29, 0.717) is 30.5 Å². The van der Waals surface area contributed by atoms with Crippen LogP contribution >= 0.6 is 0 Å². The average Bonchev–Trinajstić information content (AvgIpc) is 3.44. The van der Waals surface area contributed by atoms with Gasteiger partial charge < -0.3 is 18.9 Å². The SMILES string of the molecule is COc1ccccc1OCCn1c(C2CC(=O)N(c3cccc(C(F)(F)F)c3)C2)nc2ccccc21. The minimum Gasteiger partial charge on any atom is -0.493 e. The van der Waals surface area contributed by atoms with Gasteiger partial charge in [0.25, 0.3) is 0 Å². The first-order valence-electron chi connectivity index (χ1n) is 11.5. The van der Waals surface area contributed by atoms with Gasteiger partial charge in [0.15, 0.2) is 11.5 Å². The highest BCUT2D eigenvalue weighted by atomic mass is 19.4. The lowest BCUT2D eigenvalue weighted by atomic mass is 10.1. The number of halogens is 3. The molecule has 3 aromatic carbocycles. The second-order valence-electron chi connectivity index (χ2n) is 8.56. The van der Waals surface area contributed by atoms with E-state index in [-0.39, 0.29) is 30.5 Å². The van der Waals surface area contributed by atoms with Crippen molar-refractivity contribution in [2.24, 2.45) is 0 Å². The van der Waals surface area contributed by atoms with Crippen molar-refractivity contribution in [3.63, 3.8) is 0 Å². The Hall–Kier alpha value is -4.01. The van der Waals surface area contributed by atoms with Gasteiger partial charge in [0, 0.05) is 24.6 Å². The maximum atomic E-state index is 13.2. The first kappa shape index (κ1) is 23.7. The summed E-state index contributed by atoms with van der Waals surface area (Å²) >= 11 is 0. The number of methoxy groups -OCH3 is 1. The molecule has 0 bridgehead atoms. The average molecular weight is 496 g/mol. The monoisotopic (exact) mass is 495 g/mol. The van der Waals surface area contributed by atoms with Crippen LogP contribution in [-0.4, -0.2) is 35.7 Å². The van der Waals surface area contributed by atoms with Crippen LogP contribution in [0.5, 0.6) is 11.5 Å². The number of carbonyl (C=O) groups excluding carboxylic acids is 1. The number of hydrogen-bond acceptors (Lipinski definition) is 4. The molecule has 0 radical (unpaired) electrons. The summed E-state index contributed by atoms with van der Waals surface area (Å²) in [5.74, 6) is 1.46. The third-order valence-electron chi connectivity index (χ3n) is 6.30. The molecule has 4 aromatic rings. The number of aromatic nitrogens is 2. The molecule has 0 N–H and O–H groups in total. The van der Waals surface area contributed by atoms with E-state index in [0.717, 1.165) is 23.2 Å². The van der Waals surface area contributed by atoms with Crippen LogP contribution in [0, 0.1) is 0 Å².